The van der Waals surface area contributed by atoms with Crippen LogP contribution in [0.3, 0.4) is 0 Å². The Kier molecular flexibility index (Phi) is 4.55. The monoisotopic (exact) mass is 362 g/mol. The number of piperazine rings is 1. The molecule has 98 valence electrons. The molecule has 1 amide bonds. The molecule has 0 N–H and O–H groups in total. The molecule has 1 aliphatic heterocycles. The highest BCUT2D eigenvalue weighted by atomic mass is 127. The van der Waals surface area contributed by atoms with E-state index in [1.807, 2.05) is 22.6 Å². The first kappa shape index (κ1) is 13.7. The number of amides is 1. The number of halogens is 2. The summed E-state index contributed by atoms with van der Waals surface area (Å²) >= 11 is 2.03. The third-order valence-corrected chi connectivity index (χ3v) is 3.84. The standard InChI is InChI=1S/C13H16FIN2O/c1-2-16-3-5-17(6-4-16)13(18)10-7-11(14)9-12(15)8-10/h7-9H,2-6H2,1H3. The van der Waals surface area contributed by atoms with Gasteiger partial charge in [0.05, 0.1) is 0 Å². The Bertz CT molecular complexity index is 424. The van der Waals surface area contributed by atoms with Crippen LogP contribution in [-0.2, 0) is 0 Å². The summed E-state index contributed by atoms with van der Waals surface area (Å²) < 4.78 is 14.0. The maximum Gasteiger partial charge on any atom is 0.254 e. The van der Waals surface area contributed by atoms with Gasteiger partial charge in [0.15, 0.2) is 0 Å². The number of benzene rings is 1. The van der Waals surface area contributed by atoms with Crippen LogP contribution in [0.25, 0.3) is 0 Å². The van der Waals surface area contributed by atoms with Crippen LogP contribution in [0.15, 0.2) is 18.2 Å². The number of rotatable bonds is 2. The van der Waals surface area contributed by atoms with Gasteiger partial charge in [-0.05, 0) is 47.3 Å². The van der Waals surface area contributed by atoms with Crippen LogP contribution in [0.4, 0.5) is 4.39 Å². The molecule has 1 saturated heterocycles. The molecule has 1 fully saturated rings. The minimum Gasteiger partial charge on any atom is -0.336 e. The lowest BCUT2D eigenvalue weighted by Crippen LogP contribution is -2.48. The summed E-state index contributed by atoms with van der Waals surface area (Å²) in [5.41, 5.74) is 0.448. The third kappa shape index (κ3) is 3.20. The molecule has 3 nitrogen and oxygen atoms in total. The molecule has 0 saturated carbocycles. The van der Waals surface area contributed by atoms with E-state index in [4.69, 9.17) is 0 Å². The summed E-state index contributed by atoms with van der Waals surface area (Å²) in [6, 6.07) is 4.47. The molecular formula is C13H16FIN2O. The number of hydrogen-bond donors (Lipinski definition) is 0. The molecule has 5 heteroatoms. The van der Waals surface area contributed by atoms with E-state index in [0.29, 0.717) is 5.56 Å². The summed E-state index contributed by atoms with van der Waals surface area (Å²) in [7, 11) is 0. The molecule has 0 spiro atoms. The highest BCUT2D eigenvalue weighted by Crippen LogP contribution is 2.14. The molecule has 0 bridgehead atoms. The molecule has 0 aliphatic carbocycles. The maximum atomic E-state index is 13.3. The molecule has 0 aromatic heterocycles. The lowest BCUT2D eigenvalue weighted by Gasteiger charge is -2.34. The molecule has 0 unspecified atom stereocenters. The molecule has 0 atom stereocenters. The Morgan fingerprint density at radius 3 is 2.50 bits per heavy atom. The summed E-state index contributed by atoms with van der Waals surface area (Å²) in [4.78, 5) is 16.3. The minimum atomic E-state index is -0.350. The Labute approximate surface area is 120 Å². The molecular weight excluding hydrogens is 346 g/mol. The topological polar surface area (TPSA) is 23.6 Å². The van der Waals surface area contributed by atoms with E-state index < -0.39 is 0 Å². The molecule has 1 aromatic rings. The SMILES string of the molecule is CCN1CCN(C(=O)c2cc(F)cc(I)c2)CC1. The fraction of sp³-hybridized carbons (Fsp3) is 0.462. The van der Waals surface area contributed by atoms with Gasteiger partial charge >= 0.3 is 0 Å². The lowest BCUT2D eigenvalue weighted by atomic mass is 10.1. The van der Waals surface area contributed by atoms with Crippen molar-refractivity contribution < 1.29 is 9.18 Å². The van der Waals surface area contributed by atoms with E-state index in [2.05, 4.69) is 11.8 Å². The van der Waals surface area contributed by atoms with Crippen molar-refractivity contribution >= 4 is 28.5 Å². The first-order valence-corrected chi connectivity index (χ1v) is 7.15. The van der Waals surface area contributed by atoms with Gasteiger partial charge in [-0.3, -0.25) is 4.79 Å². The predicted octanol–water partition coefficient (Wildman–Crippen LogP) is 2.21. The second-order valence-electron chi connectivity index (χ2n) is 4.38. The van der Waals surface area contributed by atoms with Crippen molar-refractivity contribution in [1.29, 1.82) is 0 Å². The largest absolute Gasteiger partial charge is 0.336 e. The van der Waals surface area contributed by atoms with E-state index in [9.17, 15) is 9.18 Å². The Hall–Kier alpha value is -0.690. The van der Waals surface area contributed by atoms with Gasteiger partial charge in [-0.25, -0.2) is 4.39 Å². The highest BCUT2D eigenvalue weighted by Gasteiger charge is 2.21. The van der Waals surface area contributed by atoms with E-state index in [0.717, 1.165) is 36.3 Å². The van der Waals surface area contributed by atoms with Crippen molar-refractivity contribution in [3.8, 4) is 0 Å². The van der Waals surface area contributed by atoms with Crippen LogP contribution >= 0.6 is 22.6 Å². The van der Waals surface area contributed by atoms with Gasteiger partial charge in [0.1, 0.15) is 5.82 Å². The molecule has 0 radical (unpaired) electrons. The number of hydrogen-bond acceptors (Lipinski definition) is 2. The van der Waals surface area contributed by atoms with Crippen molar-refractivity contribution in [3.05, 3.63) is 33.1 Å². The van der Waals surface area contributed by atoms with Crippen molar-refractivity contribution in [1.82, 2.24) is 9.80 Å². The predicted molar refractivity (Wildman–Crippen MR) is 77.1 cm³/mol. The Balaban J connectivity index is 2.07. The minimum absolute atomic E-state index is 0.0665. The van der Waals surface area contributed by atoms with Gasteiger partial charge < -0.3 is 9.80 Å². The fourth-order valence-corrected chi connectivity index (χ4v) is 2.76. The Morgan fingerprint density at radius 2 is 1.94 bits per heavy atom. The van der Waals surface area contributed by atoms with Gasteiger partial charge in [0.2, 0.25) is 0 Å². The van der Waals surface area contributed by atoms with Crippen molar-refractivity contribution in [2.75, 3.05) is 32.7 Å². The van der Waals surface area contributed by atoms with Crippen LogP contribution in [0.2, 0.25) is 0 Å². The number of likely N-dealkylation sites (N-methyl/N-ethyl adjacent to an activating group) is 1. The Morgan fingerprint density at radius 1 is 1.28 bits per heavy atom. The van der Waals surface area contributed by atoms with Gasteiger partial charge in [-0.2, -0.15) is 0 Å². The zero-order valence-corrected chi connectivity index (χ0v) is 12.5. The summed E-state index contributed by atoms with van der Waals surface area (Å²) in [5, 5.41) is 0. The van der Waals surface area contributed by atoms with Crippen LogP contribution in [0.5, 0.6) is 0 Å². The van der Waals surface area contributed by atoms with Crippen LogP contribution in [0.1, 0.15) is 17.3 Å². The molecule has 1 aromatic carbocycles. The van der Waals surface area contributed by atoms with Gasteiger partial charge in [-0.1, -0.05) is 6.92 Å². The molecule has 1 heterocycles. The van der Waals surface area contributed by atoms with Crippen LogP contribution in [0, 0.1) is 9.39 Å². The summed E-state index contributed by atoms with van der Waals surface area (Å²) in [5.74, 6) is -0.416. The van der Waals surface area contributed by atoms with E-state index >= 15 is 0 Å². The van der Waals surface area contributed by atoms with E-state index in [1.165, 1.54) is 12.1 Å². The molecule has 1 aliphatic rings. The first-order chi connectivity index (χ1) is 8.60. The van der Waals surface area contributed by atoms with Crippen molar-refractivity contribution in [3.63, 3.8) is 0 Å². The smallest absolute Gasteiger partial charge is 0.254 e. The highest BCUT2D eigenvalue weighted by molar-refractivity contribution is 14.1. The van der Waals surface area contributed by atoms with Gasteiger partial charge in [0.25, 0.3) is 5.91 Å². The fourth-order valence-electron chi connectivity index (χ4n) is 2.13. The normalized spacial score (nSPS) is 16.9. The maximum absolute atomic E-state index is 13.3. The first-order valence-electron chi connectivity index (χ1n) is 6.08. The van der Waals surface area contributed by atoms with Crippen LogP contribution < -0.4 is 0 Å². The van der Waals surface area contributed by atoms with Gasteiger partial charge in [-0.15, -0.1) is 0 Å². The number of carbonyl (C=O) groups excluding carboxylic acids is 1. The average Bonchev–Trinajstić information content (AvgIpc) is 2.37. The van der Waals surface area contributed by atoms with E-state index in [1.54, 1.807) is 11.0 Å². The molecule has 2 rings (SSSR count). The van der Waals surface area contributed by atoms with Gasteiger partial charge in [0, 0.05) is 35.3 Å². The summed E-state index contributed by atoms with van der Waals surface area (Å²) in [6.45, 7) is 6.37. The van der Waals surface area contributed by atoms with Crippen molar-refractivity contribution in [2.24, 2.45) is 0 Å². The molecule has 18 heavy (non-hydrogen) atoms. The third-order valence-electron chi connectivity index (χ3n) is 3.22. The zero-order valence-electron chi connectivity index (χ0n) is 10.3. The number of nitrogens with zero attached hydrogens (tertiary/aromatic N) is 2. The second kappa shape index (κ2) is 5.97. The summed E-state index contributed by atoms with van der Waals surface area (Å²) in [6.07, 6.45) is 0. The average molecular weight is 362 g/mol. The van der Waals surface area contributed by atoms with Crippen molar-refractivity contribution in [2.45, 2.75) is 6.92 Å². The zero-order chi connectivity index (χ0) is 13.1. The second-order valence-corrected chi connectivity index (χ2v) is 5.63. The lowest BCUT2D eigenvalue weighted by molar-refractivity contribution is 0.0643. The quantitative estimate of drug-likeness (QED) is 0.754. The number of carbonyl (C=O) groups is 1. The van der Waals surface area contributed by atoms with E-state index in [-0.39, 0.29) is 11.7 Å². The van der Waals surface area contributed by atoms with Crippen LogP contribution in [-0.4, -0.2) is 48.4 Å².